The molecule has 0 heterocycles. The van der Waals surface area contributed by atoms with Crippen molar-refractivity contribution < 1.29 is 22.3 Å². The van der Waals surface area contributed by atoms with Gasteiger partial charge in [-0.3, -0.25) is 0 Å². The third-order valence-electron chi connectivity index (χ3n) is 2.12. The second kappa shape index (κ2) is 5.01. The van der Waals surface area contributed by atoms with Crippen molar-refractivity contribution in [3.8, 4) is 0 Å². The van der Waals surface area contributed by atoms with Crippen molar-refractivity contribution in [2.24, 2.45) is 0 Å². The van der Waals surface area contributed by atoms with E-state index in [1.807, 2.05) is 0 Å². The Morgan fingerprint density at radius 3 is 2.47 bits per heavy atom. The number of rotatable bonds is 3. The number of carbonyl (C=O) groups is 1. The van der Waals surface area contributed by atoms with Gasteiger partial charge in [0, 0.05) is 16.2 Å². The molecule has 0 saturated carbocycles. The number of esters is 1. The number of benzene rings is 1. The van der Waals surface area contributed by atoms with E-state index in [2.05, 4.69) is 4.74 Å². The van der Waals surface area contributed by atoms with Crippen molar-refractivity contribution in [1.82, 2.24) is 0 Å². The highest BCUT2D eigenvalue weighted by Gasteiger charge is 2.26. The molecular formula is C10H10ClFO4S. The van der Waals surface area contributed by atoms with Crippen LogP contribution in [0.5, 0.6) is 0 Å². The molecule has 17 heavy (non-hydrogen) atoms. The first kappa shape index (κ1) is 13.9. The summed E-state index contributed by atoms with van der Waals surface area (Å²) in [5.74, 6) is -0.883. The molecule has 0 bridgehead atoms. The summed E-state index contributed by atoms with van der Waals surface area (Å²) in [5.41, 5.74) is -0.438. The maximum absolute atomic E-state index is 13.3. The Morgan fingerprint density at radius 2 is 2.06 bits per heavy atom. The fraction of sp³-hybridized carbons (Fsp3) is 0.300. The summed E-state index contributed by atoms with van der Waals surface area (Å²) in [5, 5.41) is 0. The zero-order chi connectivity index (χ0) is 13.2. The van der Waals surface area contributed by atoms with Crippen molar-refractivity contribution in [3.05, 3.63) is 29.3 Å². The Hall–Kier alpha value is -1.14. The van der Waals surface area contributed by atoms with Crippen LogP contribution >= 0.6 is 10.7 Å². The molecule has 1 aromatic carbocycles. The molecule has 0 aromatic heterocycles. The molecule has 7 heteroatoms. The van der Waals surface area contributed by atoms with Crippen LogP contribution in [-0.2, 0) is 13.8 Å². The van der Waals surface area contributed by atoms with Crippen LogP contribution in [0.2, 0.25) is 0 Å². The smallest absolute Gasteiger partial charge is 0.339 e. The molecule has 1 unspecified atom stereocenters. The molecule has 0 aliphatic carbocycles. The van der Waals surface area contributed by atoms with E-state index in [0.717, 1.165) is 14.0 Å². The zero-order valence-corrected chi connectivity index (χ0v) is 10.7. The van der Waals surface area contributed by atoms with Crippen LogP contribution in [0.1, 0.15) is 29.0 Å². The molecule has 0 saturated heterocycles. The minimum absolute atomic E-state index is 0.164. The Balaban J connectivity index is 3.63. The Kier molecular flexibility index (Phi) is 4.11. The lowest BCUT2D eigenvalue weighted by molar-refractivity contribution is 0.0596. The molecule has 1 rings (SSSR count). The Bertz CT molecular complexity index is 539. The average Bonchev–Trinajstić information content (AvgIpc) is 2.25. The third-order valence-corrected chi connectivity index (χ3v) is 3.53. The molecule has 1 aromatic rings. The van der Waals surface area contributed by atoms with Crippen molar-refractivity contribution in [1.29, 1.82) is 0 Å². The third kappa shape index (κ3) is 2.95. The molecule has 0 amide bonds. The van der Waals surface area contributed by atoms with Gasteiger partial charge in [0.15, 0.2) is 0 Å². The Labute approximate surface area is 103 Å². The number of methoxy groups -OCH3 is 1. The second-order valence-corrected chi connectivity index (χ2v) is 5.77. The van der Waals surface area contributed by atoms with Crippen LogP contribution in [0, 0.1) is 0 Å². The predicted molar refractivity (Wildman–Crippen MR) is 60.3 cm³/mol. The summed E-state index contributed by atoms with van der Waals surface area (Å²) in [6, 6.07) is 3.84. The van der Waals surface area contributed by atoms with Gasteiger partial charge in [0.1, 0.15) is 11.1 Å². The van der Waals surface area contributed by atoms with Crippen molar-refractivity contribution >= 4 is 25.7 Å². The standard InChI is InChI=1S/C10H10ClFO4S/c1-6(12)7-4-3-5-8(10(13)16-2)9(7)17(11,14)15/h3-6H,1-2H3. The van der Waals surface area contributed by atoms with E-state index in [1.165, 1.54) is 18.2 Å². The lowest BCUT2D eigenvalue weighted by atomic mass is 10.1. The van der Waals surface area contributed by atoms with E-state index >= 15 is 0 Å². The van der Waals surface area contributed by atoms with Crippen LogP contribution < -0.4 is 0 Å². The van der Waals surface area contributed by atoms with Crippen LogP contribution in [-0.4, -0.2) is 21.5 Å². The lowest BCUT2D eigenvalue weighted by Gasteiger charge is -2.11. The number of ether oxygens (including phenoxy) is 1. The summed E-state index contributed by atoms with van der Waals surface area (Å²) in [4.78, 5) is 10.8. The first-order chi connectivity index (χ1) is 7.79. The van der Waals surface area contributed by atoms with E-state index < -0.39 is 26.1 Å². The highest BCUT2D eigenvalue weighted by atomic mass is 35.7. The molecule has 0 aliphatic rings. The summed E-state index contributed by atoms with van der Waals surface area (Å²) in [7, 11) is 2.07. The van der Waals surface area contributed by atoms with E-state index in [-0.39, 0.29) is 11.1 Å². The minimum Gasteiger partial charge on any atom is -0.465 e. The van der Waals surface area contributed by atoms with E-state index in [4.69, 9.17) is 10.7 Å². The Morgan fingerprint density at radius 1 is 1.47 bits per heavy atom. The average molecular weight is 281 g/mol. The quantitative estimate of drug-likeness (QED) is 0.630. The van der Waals surface area contributed by atoms with Gasteiger partial charge in [-0.05, 0) is 13.0 Å². The van der Waals surface area contributed by atoms with Gasteiger partial charge >= 0.3 is 5.97 Å². The summed E-state index contributed by atoms with van der Waals surface area (Å²) >= 11 is 0. The van der Waals surface area contributed by atoms with E-state index in [1.54, 1.807) is 0 Å². The molecule has 1 atom stereocenters. The molecule has 94 valence electrons. The predicted octanol–water partition coefficient (Wildman–Crippen LogP) is 2.43. The molecule has 0 aliphatic heterocycles. The number of hydrogen-bond acceptors (Lipinski definition) is 4. The number of halogens is 2. The van der Waals surface area contributed by atoms with Gasteiger partial charge in [-0.1, -0.05) is 12.1 Å². The summed E-state index contributed by atoms with van der Waals surface area (Å²) in [6.07, 6.45) is -1.57. The van der Waals surface area contributed by atoms with E-state index in [0.29, 0.717) is 0 Å². The number of carbonyl (C=O) groups excluding carboxylic acids is 1. The minimum atomic E-state index is -4.23. The zero-order valence-electron chi connectivity index (χ0n) is 9.11. The van der Waals surface area contributed by atoms with Gasteiger partial charge in [-0.2, -0.15) is 0 Å². The maximum atomic E-state index is 13.3. The fourth-order valence-electron chi connectivity index (χ4n) is 1.41. The van der Waals surface area contributed by atoms with Crippen LogP contribution in [0.4, 0.5) is 4.39 Å². The van der Waals surface area contributed by atoms with Crippen molar-refractivity contribution in [3.63, 3.8) is 0 Å². The highest BCUT2D eigenvalue weighted by Crippen LogP contribution is 2.30. The summed E-state index contributed by atoms with van der Waals surface area (Å²) < 4.78 is 40.5. The topological polar surface area (TPSA) is 60.4 Å². The van der Waals surface area contributed by atoms with Crippen molar-refractivity contribution in [2.75, 3.05) is 7.11 Å². The largest absolute Gasteiger partial charge is 0.465 e. The lowest BCUT2D eigenvalue weighted by Crippen LogP contribution is -2.10. The first-order valence-corrected chi connectivity index (χ1v) is 6.90. The van der Waals surface area contributed by atoms with Gasteiger partial charge < -0.3 is 4.74 Å². The molecule has 0 spiro atoms. The van der Waals surface area contributed by atoms with Gasteiger partial charge in [-0.15, -0.1) is 0 Å². The SMILES string of the molecule is COC(=O)c1cccc(C(C)F)c1S(=O)(=O)Cl. The van der Waals surface area contributed by atoms with Gasteiger partial charge in [0.2, 0.25) is 0 Å². The first-order valence-electron chi connectivity index (χ1n) is 4.59. The summed E-state index contributed by atoms with van der Waals surface area (Å²) in [6.45, 7) is 1.15. The number of alkyl halides is 1. The highest BCUT2D eigenvalue weighted by molar-refractivity contribution is 8.13. The van der Waals surface area contributed by atoms with Crippen molar-refractivity contribution in [2.45, 2.75) is 18.0 Å². The van der Waals surface area contributed by atoms with Crippen LogP contribution in [0.15, 0.2) is 23.1 Å². The maximum Gasteiger partial charge on any atom is 0.339 e. The van der Waals surface area contributed by atoms with Crippen LogP contribution in [0.3, 0.4) is 0 Å². The second-order valence-electron chi connectivity index (χ2n) is 3.27. The van der Waals surface area contributed by atoms with E-state index in [9.17, 15) is 17.6 Å². The van der Waals surface area contributed by atoms with Crippen LogP contribution in [0.25, 0.3) is 0 Å². The van der Waals surface area contributed by atoms with Gasteiger partial charge in [-0.25, -0.2) is 17.6 Å². The van der Waals surface area contributed by atoms with Gasteiger partial charge in [0.25, 0.3) is 9.05 Å². The fourth-order valence-corrected chi connectivity index (χ4v) is 2.85. The van der Waals surface area contributed by atoms with Gasteiger partial charge in [0.05, 0.1) is 12.7 Å². The molecule has 0 N–H and O–H groups in total. The number of hydrogen-bond donors (Lipinski definition) is 0. The molecule has 4 nitrogen and oxygen atoms in total. The normalized spacial score (nSPS) is 13.2. The molecular weight excluding hydrogens is 271 g/mol. The molecule has 0 fully saturated rings. The molecule has 0 radical (unpaired) electrons. The monoisotopic (exact) mass is 280 g/mol.